The summed E-state index contributed by atoms with van der Waals surface area (Å²) in [6.45, 7) is 0.735. The molecule has 0 saturated heterocycles. The first kappa shape index (κ1) is 11.0. The molecule has 0 amide bonds. The van der Waals surface area contributed by atoms with Crippen LogP contribution in [0.25, 0.3) is 0 Å². The Morgan fingerprint density at radius 2 is 1.73 bits per heavy atom. The number of alkyl halides is 1. The van der Waals surface area contributed by atoms with Crippen molar-refractivity contribution in [3.8, 4) is 0 Å². The maximum Gasteiger partial charge on any atom is 0.0720 e. The fraction of sp³-hybridized carbons (Fsp3) is 0.538. The molecule has 0 aromatic heterocycles. The highest BCUT2D eigenvalue weighted by molar-refractivity contribution is 6.20. The summed E-state index contributed by atoms with van der Waals surface area (Å²) < 4.78 is 5.86. The van der Waals surface area contributed by atoms with Crippen LogP contribution in [0.4, 0.5) is 0 Å². The summed E-state index contributed by atoms with van der Waals surface area (Å²) in [4.78, 5) is 0. The molecule has 0 spiro atoms. The zero-order valence-corrected chi connectivity index (χ0v) is 9.62. The Balaban J connectivity index is 1.74. The lowest BCUT2D eigenvalue weighted by Gasteiger charge is -2.25. The van der Waals surface area contributed by atoms with Gasteiger partial charge in [-0.3, -0.25) is 0 Å². The molecule has 1 aliphatic carbocycles. The second-order valence-electron chi connectivity index (χ2n) is 4.17. The molecule has 82 valence electrons. The van der Waals surface area contributed by atoms with Gasteiger partial charge < -0.3 is 4.74 Å². The third-order valence-corrected chi connectivity index (χ3v) is 3.37. The molecule has 0 radical (unpaired) electrons. The van der Waals surface area contributed by atoms with Gasteiger partial charge in [-0.2, -0.15) is 0 Å². The van der Waals surface area contributed by atoms with E-state index in [2.05, 4.69) is 12.1 Å². The maximum absolute atomic E-state index is 6.04. The van der Waals surface area contributed by atoms with E-state index in [-0.39, 0.29) is 0 Å². The summed E-state index contributed by atoms with van der Waals surface area (Å²) in [6.07, 6.45) is 4.84. The topological polar surface area (TPSA) is 9.23 Å². The largest absolute Gasteiger partial charge is 0.374 e. The van der Waals surface area contributed by atoms with E-state index >= 15 is 0 Å². The molecule has 15 heavy (non-hydrogen) atoms. The molecule has 0 atom stereocenters. The highest BCUT2D eigenvalue weighted by atomic mass is 35.5. The van der Waals surface area contributed by atoms with Crippen LogP contribution in [0, 0.1) is 0 Å². The van der Waals surface area contributed by atoms with Crippen molar-refractivity contribution in [1.29, 1.82) is 0 Å². The average molecular weight is 225 g/mol. The van der Waals surface area contributed by atoms with Crippen molar-refractivity contribution in [2.75, 3.05) is 0 Å². The average Bonchev–Trinajstić information content (AvgIpc) is 2.30. The number of hydrogen-bond donors (Lipinski definition) is 0. The first-order valence-corrected chi connectivity index (χ1v) is 6.08. The number of benzene rings is 1. The number of ether oxygens (including phenoxy) is 1. The molecule has 2 rings (SSSR count). The summed E-state index contributed by atoms with van der Waals surface area (Å²) in [7, 11) is 0. The van der Waals surface area contributed by atoms with Gasteiger partial charge in [0.2, 0.25) is 0 Å². The zero-order valence-electron chi connectivity index (χ0n) is 8.86. The quantitative estimate of drug-likeness (QED) is 0.711. The molecule has 1 aromatic rings. The van der Waals surface area contributed by atoms with E-state index in [1.54, 1.807) is 0 Å². The van der Waals surface area contributed by atoms with E-state index < -0.39 is 0 Å². The van der Waals surface area contributed by atoms with E-state index in [1.807, 2.05) is 18.2 Å². The van der Waals surface area contributed by atoms with Crippen LogP contribution >= 0.6 is 11.6 Å². The molecular formula is C13H17ClO. The van der Waals surface area contributed by atoms with Crippen LogP contribution in [0.2, 0.25) is 0 Å². The van der Waals surface area contributed by atoms with Gasteiger partial charge in [-0.25, -0.2) is 0 Å². The SMILES string of the molecule is Cl[C@H]1CC[C@H](OCc2ccccc2)CC1. The third kappa shape index (κ3) is 3.51. The molecular weight excluding hydrogens is 208 g/mol. The fourth-order valence-corrected chi connectivity index (χ4v) is 2.23. The Bertz CT molecular complexity index is 278. The predicted molar refractivity (Wildman–Crippen MR) is 63.1 cm³/mol. The summed E-state index contributed by atoms with van der Waals surface area (Å²) >= 11 is 6.04. The second kappa shape index (κ2) is 5.53. The van der Waals surface area contributed by atoms with Crippen molar-refractivity contribution < 1.29 is 4.74 Å². The molecule has 0 unspecified atom stereocenters. The Kier molecular flexibility index (Phi) is 4.04. The van der Waals surface area contributed by atoms with Gasteiger partial charge in [-0.15, -0.1) is 11.6 Å². The van der Waals surface area contributed by atoms with Gasteiger partial charge in [0.1, 0.15) is 0 Å². The van der Waals surface area contributed by atoms with Crippen LogP contribution in [0.1, 0.15) is 31.2 Å². The van der Waals surface area contributed by atoms with Crippen LogP contribution in [-0.2, 0) is 11.3 Å². The van der Waals surface area contributed by atoms with Crippen molar-refractivity contribution in [1.82, 2.24) is 0 Å². The van der Waals surface area contributed by atoms with Crippen LogP contribution in [0.15, 0.2) is 30.3 Å². The lowest BCUT2D eigenvalue weighted by molar-refractivity contribution is 0.0175. The van der Waals surface area contributed by atoms with E-state index in [4.69, 9.17) is 16.3 Å². The standard InChI is InChI=1S/C13H17ClO/c14-12-6-8-13(9-7-12)15-10-11-4-2-1-3-5-11/h1-5,12-13H,6-10H2/t12-,13-. The van der Waals surface area contributed by atoms with Crippen LogP contribution in [0.5, 0.6) is 0 Å². The first-order valence-electron chi connectivity index (χ1n) is 5.64. The minimum Gasteiger partial charge on any atom is -0.374 e. The van der Waals surface area contributed by atoms with Gasteiger partial charge in [0.05, 0.1) is 12.7 Å². The van der Waals surface area contributed by atoms with E-state index in [0.717, 1.165) is 32.3 Å². The highest BCUT2D eigenvalue weighted by Gasteiger charge is 2.19. The smallest absolute Gasteiger partial charge is 0.0720 e. The van der Waals surface area contributed by atoms with Gasteiger partial charge >= 0.3 is 0 Å². The van der Waals surface area contributed by atoms with Gasteiger partial charge in [0.25, 0.3) is 0 Å². The van der Waals surface area contributed by atoms with Crippen LogP contribution in [-0.4, -0.2) is 11.5 Å². The maximum atomic E-state index is 6.04. The molecule has 0 aliphatic heterocycles. The monoisotopic (exact) mass is 224 g/mol. The van der Waals surface area contributed by atoms with E-state index in [9.17, 15) is 0 Å². The molecule has 1 saturated carbocycles. The van der Waals surface area contributed by atoms with Crippen LogP contribution < -0.4 is 0 Å². The summed E-state index contributed by atoms with van der Waals surface area (Å²) in [5.74, 6) is 0. The first-order chi connectivity index (χ1) is 7.34. The van der Waals surface area contributed by atoms with E-state index in [0.29, 0.717) is 11.5 Å². The lowest BCUT2D eigenvalue weighted by Crippen LogP contribution is -2.21. The van der Waals surface area contributed by atoms with E-state index in [1.165, 1.54) is 5.56 Å². The Labute approximate surface area is 96.4 Å². The minimum absolute atomic E-state index is 0.376. The Morgan fingerprint density at radius 3 is 2.40 bits per heavy atom. The van der Waals surface area contributed by atoms with Gasteiger partial charge in [-0.1, -0.05) is 30.3 Å². The predicted octanol–water partition coefficient (Wildman–Crippen LogP) is 3.75. The lowest BCUT2D eigenvalue weighted by atomic mass is 9.97. The van der Waals surface area contributed by atoms with Crippen molar-refractivity contribution in [2.45, 2.75) is 43.8 Å². The van der Waals surface area contributed by atoms with Crippen molar-refractivity contribution in [3.63, 3.8) is 0 Å². The summed E-state index contributed by atoms with van der Waals surface area (Å²) in [5, 5.41) is 0.376. The normalized spacial score (nSPS) is 26.5. The minimum atomic E-state index is 0.376. The van der Waals surface area contributed by atoms with Crippen molar-refractivity contribution >= 4 is 11.6 Å². The van der Waals surface area contributed by atoms with Gasteiger partial charge in [-0.05, 0) is 31.2 Å². The molecule has 0 N–H and O–H groups in total. The summed E-state index contributed by atoms with van der Waals surface area (Å²) in [6, 6.07) is 10.3. The molecule has 1 fully saturated rings. The van der Waals surface area contributed by atoms with Gasteiger partial charge in [0.15, 0.2) is 0 Å². The number of rotatable bonds is 3. The van der Waals surface area contributed by atoms with Crippen LogP contribution in [0.3, 0.4) is 0 Å². The highest BCUT2D eigenvalue weighted by Crippen LogP contribution is 2.25. The molecule has 2 heteroatoms. The van der Waals surface area contributed by atoms with Crippen molar-refractivity contribution in [3.05, 3.63) is 35.9 Å². The molecule has 0 bridgehead atoms. The fourth-order valence-electron chi connectivity index (χ4n) is 1.98. The molecule has 1 nitrogen and oxygen atoms in total. The number of hydrogen-bond acceptors (Lipinski definition) is 1. The Hall–Kier alpha value is -0.530. The van der Waals surface area contributed by atoms with Crippen molar-refractivity contribution in [2.24, 2.45) is 0 Å². The second-order valence-corrected chi connectivity index (χ2v) is 4.79. The zero-order chi connectivity index (χ0) is 10.5. The molecule has 1 aliphatic rings. The molecule has 0 heterocycles. The van der Waals surface area contributed by atoms with Gasteiger partial charge in [0, 0.05) is 5.38 Å². The summed E-state index contributed by atoms with van der Waals surface area (Å²) in [5.41, 5.74) is 1.26. The molecule has 1 aromatic carbocycles. The third-order valence-electron chi connectivity index (χ3n) is 2.93. The number of halogens is 1. The Morgan fingerprint density at radius 1 is 1.07 bits per heavy atom.